The Labute approximate surface area is 179 Å². The predicted molar refractivity (Wildman–Crippen MR) is 115 cm³/mol. The fraction of sp³-hybridized carbons (Fsp3) is 0.762. The molecule has 2 aliphatic rings. The number of piperazine rings is 1. The van der Waals surface area contributed by atoms with Crippen molar-refractivity contribution in [1.82, 2.24) is 19.8 Å². The van der Waals surface area contributed by atoms with E-state index in [4.69, 9.17) is 16.3 Å². The number of carbonyl (C=O) groups is 1. The van der Waals surface area contributed by atoms with Gasteiger partial charge in [0.25, 0.3) is 0 Å². The molecule has 2 fully saturated rings. The van der Waals surface area contributed by atoms with Gasteiger partial charge in [-0.15, -0.1) is 0 Å². The fourth-order valence-electron chi connectivity index (χ4n) is 4.16. The van der Waals surface area contributed by atoms with Crippen molar-refractivity contribution in [2.24, 2.45) is 5.92 Å². The molecule has 1 aromatic heterocycles. The molecule has 1 aromatic rings. The monoisotopic (exact) mass is 423 g/mol. The van der Waals surface area contributed by atoms with E-state index in [-0.39, 0.29) is 11.6 Å². The molecule has 0 aliphatic carbocycles. The summed E-state index contributed by atoms with van der Waals surface area (Å²) in [6.07, 6.45) is 3.58. The van der Waals surface area contributed by atoms with Crippen LogP contribution in [0.15, 0.2) is 12.4 Å². The van der Waals surface area contributed by atoms with Crippen molar-refractivity contribution in [2.45, 2.75) is 58.6 Å². The molecular weight excluding hydrogens is 390 g/mol. The topological polar surface area (TPSA) is 61.8 Å². The number of ether oxygens (including phenoxy) is 1. The molecule has 0 aromatic carbocycles. The van der Waals surface area contributed by atoms with E-state index in [9.17, 15) is 4.79 Å². The maximum Gasteiger partial charge on any atom is 0.410 e. The van der Waals surface area contributed by atoms with E-state index in [1.165, 1.54) is 6.33 Å². The Kier molecular flexibility index (Phi) is 6.58. The van der Waals surface area contributed by atoms with Crippen molar-refractivity contribution >= 4 is 23.5 Å². The number of hydrogen-bond donors (Lipinski definition) is 0. The molecule has 1 amide bonds. The van der Waals surface area contributed by atoms with E-state index in [0.29, 0.717) is 17.6 Å². The summed E-state index contributed by atoms with van der Waals surface area (Å²) in [6, 6.07) is 1.83. The summed E-state index contributed by atoms with van der Waals surface area (Å²) < 4.78 is 5.56. The summed E-state index contributed by atoms with van der Waals surface area (Å²) in [5, 5.41) is 0.488. The van der Waals surface area contributed by atoms with Crippen molar-refractivity contribution in [1.29, 1.82) is 0 Å². The Bertz CT molecular complexity index is 713. The van der Waals surface area contributed by atoms with Crippen molar-refractivity contribution in [3.8, 4) is 0 Å². The van der Waals surface area contributed by atoms with Crippen LogP contribution in [0.2, 0.25) is 5.15 Å². The maximum atomic E-state index is 12.5. The maximum absolute atomic E-state index is 12.5. The van der Waals surface area contributed by atoms with Gasteiger partial charge in [-0.05, 0) is 53.4 Å². The van der Waals surface area contributed by atoms with Crippen molar-refractivity contribution in [3.05, 3.63) is 17.5 Å². The van der Waals surface area contributed by atoms with Gasteiger partial charge in [0, 0.05) is 50.9 Å². The van der Waals surface area contributed by atoms with Crippen LogP contribution in [0.25, 0.3) is 0 Å². The quantitative estimate of drug-likeness (QED) is 0.691. The van der Waals surface area contributed by atoms with Crippen LogP contribution in [0.4, 0.5) is 10.6 Å². The Balaban J connectivity index is 1.51. The largest absolute Gasteiger partial charge is 0.444 e. The van der Waals surface area contributed by atoms with Gasteiger partial charge in [-0.1, -0.05) is 11.6 Å². The summed E-state index contributed by atoms with van der Waals surface area (Å²) in [5.41, 5.74) is -0.521. The molecule has 3 heterocycles. The van der Waals surface area contributed by atoms with Gasteiger partial charge in [0.2, 0.25) is 0 Å². The Morgan fingerprint density at radius 1 is 1.21 bits per heavy atom. The zero-order valence-electron chi connectivity index (χ0n) is 18.3. The van der Waals surface area contributed by atoms with Gasteiger partial charge in [-0.25, -0.2) is 14.8 Å². The first-order valence-corrected chi connectivity index (χ1v) is 10.9. The number of nitrogens with zero attached hydrogens (tertiary/aromatic N) is 5. The number of aromatic nitrogens is 2. The van der Waals surface area contributed by atoms with Crippen molar-refractivity contribution in [2.75, 3.05) is 44.2 Å². The van der Waals surface area contributed by atoms with Crippen LogP contribution in [0.5, 0.6) is 0 Å². The lowest BCUT2D eigenvalue weighted by atomic mass is 9.92. The van der Waals surface area contributed by atoms with Gasteiger partial charge in [-0.2, -0.15) is 0 Å². The van der Waals surface area contributed by atoms with Crippen LogP contribution >= 0.6 is 11.6 Å². The first-order valence-electron chi connectivity index (χ1n) is 10.5. The summed E-state index contributed by atoms with van der Waals surface area (Å²) in [6.45, 7) is 15.5. The molecule has 8 heteroatoms. The first-order chi connectivity index (χ1) is 13.5. The second kappa shape index (κ2) is 8.64. The number of carbonyl (C=O) groups excluding carboxylic acids is 1. The lowest BCUT2D eigenvalue weighted by Crippen LogP contribution is -2.61. The average molecular weight is 424 g/mol. The SMILES string of the molecule is CC(C)(C)OC(=O)N1CCN(CC2CCN(c3cc(Cl)ncn3)CC2)C(C)(C)C1. The van der Waals surface area contributed by atoms with Gasteiger partial charge < -0.3 is 14.5 Å². The third kappa shape index (κ3) is 5.95. The van der Waals surface area contributed by atoms with Crippen molar-refractivity contribution < 1.29 is 9.53 Å². The van der Waals surface area contributed by atoms with Crippen LogP contribution in [0, 0.1) is 5.92 Å². The molecule has 0 spiro atoms. The Morgan fingerprint density at radius 3 is 2.48 bits per heavy atom. The van der Waals surface area contributed by atoms with Gasteiger partial charge in [0.1, 0.15) is 22.9 Å². The second-order valence-corrected chi connectivity index (χ2v) is 10.2. The zero-order chi connectivity index (χ0) is 21.2. The lowest BCUT2D eigenvalue weighted by molar-refractivity contribution is -0.0204. The molecule has 2 saturated heterocycles. The molecule has 162 valence electrons. The first kappa shape index (κ1) is 22.1. The van der Waals surface area contributed by atoms with E-state index in [1.807, 2.05) is 31.7 Å². The zero-order valence-corrected chi connectivity index (χ0v) is 19.1. The van der Waals surface area contributed by atoms with Crippen LogP contribution in [0.1, 0.15) is 47.5 Å². The van der Waals surface area contributed by atoms with E-state index >= 15 is 0 Å². The van der Waals surface area contributed by atoms with E-state index in [0.717, 1.165) is 51.4 Å². The van der Waals surface area contributed by atoms with Crippen LogP contribution in [0.3, 0.4) is 0 Å². The fourth-order valence-corrected chi connectivity index (χ4v) is 4.31. The highest BCUT2D eigenvalue weighted by atomic mass is 35.5. The average Bonchev–Trinajstić information content (AvgIpc) is 2.62. The molecule has 7 nitrogen and oxygen atoms in total. The predicted octanol–water partition coefficient (Wildman–Crippen LogP) is 3.68. The molecule has 0 bridgehead atoms. The minimum Gasteiger partial charge on any atom is -0.444 e. The molecule has 3 rings (SSSR count). The van der Waals surface area contributed by atoms with Crippen LogP contribution in [-0.4, -0.2) is 76.3 Å². The molecule has 2 aliphatic heterocycles. The normalized spacial score (nSPS) is 21.3. The number of rotatable bonds is 3. The van der Waals surface area contributed by atoms with Gasteiger partial charge in [-0.3, -0.25) is 4.90 Å². The number of hydrogen-bond acceptors (Lipinski definition) is 6. The molecule has 0 saturated carbocycles. The molecule has 0 N–H and O–H groups in total. The van der Waals surface area contributed by atoms with E-state index < -0.39 is 5.60 Å². The molecule has 0 unspecified atom stereocenters. The van der Waals surface area contributed by atoms with E-state index in [2.05, 4.69) is 33.6 Å². The highest BCUT2D eigenvalue weighted by molar-refractivity contribution is 6.29. The lowest BCUT2D eigenvalue weighted by Gasteiger charge is -2.48. The second-order valence-electron chi connectivity index (χ2n) is 9.79. The van der Waals surface area contributed by atoms with Gasteiger partial charge in [0.05, 0.1) is 0 Å². The highest BCUT2D eigenvalue weighted by Crippen LogP contribution is 2.28. The Morgan fingerprint density at radius 2 is 1.90 bits per heavy atom. The summed E-state index contributed by atoms with van der Waals surface area (Å²) in [4.78, 5) is 27.4. The standard InChI is InChI=1S/C21H34ClN5O2/c1-20(2,3)29-19(28)26-10-11-27(21(4,5)14-26)13-16-6-8-25(9-7-16)18-12-17(22)23-15-24-18/h12,15-16H,6-11,13-14H2,1-5H3. The smallest absolute Gasteiger partial charge is 0.410 e. The number of halogens is 1. The van der Waals surface area contributed by atoms with E-state index in [1.54, 1.807) is 0 Å². The number of piperidine rings is 1. The third-order valence-corrected chi connectivity index (χ3v) is 5.97. The van der Waals surface area contributed by atoms with Gasteiger partial charge in [0.15, 0.2) is 0 Å². The van der Waals surface area contributed by atoms with Crippen molar-refractivity contribution in [3.63, 3.8) is 0 Å². The minimum absolute atomic E-state index is 0.0630. The molecule has 0 radical (unpaired) electrons. The molecule has 29 heavy (non-hydrogen) atoms. The number of anilines is 1. The molecule has 0 atom stereocenters. The van der Waals surface area contributed by atoms with Crippen LogP contribution in [-0.2, 0) is 4.74 Å². The highest BCUT2D eigenvalue weighted by Gasteiger charge is 2.38. The summed E-state index contributed by atoms with van der Waals surface area (Å²) >= 11 is 6.00. The minimum atomic E-state index is -0.458. The third-order valence-electron chi connectivity index (χ3n) is 5.76. The van der Waals surface area contributed by atoms with Crippen LogP contribution < -0.4 is 4.90 Å². The van der Waals surface area contributed by atoms with Gasteiger partial charge >= 0.3 is 6.09 Å². The summed E-state index contributed by atoms with van der Waals surface area (Å²) in [7, 11) is 0. The Hall–Kier alpha value is -1.60. The summed E-state index contributed by atoms with van der Waals surface area (Å²) in [5.74, 6) is 1.56. The molecular formula is C21H34ClN5O2. The number of amides is 1.